The second-order valence-electron chi connectivity index (χ2n) is 3.45. The summed E-state index contributed by atoms with van der Waals surface area (Å²) in [7, 11) is 2.66. The fourth-order valence-electron chi connectivity index (χ4n) is 1.39. The normalized spacial score (nSPS) is 12.5. The van der Waals surface area contributed by atoms with Gasteiger partial charge in [-0.1, -0.05) is 25.5 Å². The summed E-state index contributed by atoms with van der Waals surface area (Å²) in [6.07, 6.45) is 8.97. The molecule has 90 valence electrons. The summed E-state index contributed by atoms with van der Waals surface area (Å²) in [6, 6.07) is 0.882. The van der Waals surface area contributed by atoms with Crippen LogP contribution in [-0.4, -0.2) is 30.1 Å². The molecule has 0 aliphatic heterocycles. The first kappa shape index (κ1) is 14.8. The van der Waals surface area contributed by atoms with Crippen molar-refractivity contribution in [2.75, 3.05) is 21.3 Å². The van der Waals surface area contributed by atoms with Crippen LogP contribution >= 0.6 is 0 Å². The summed E-state index contributed by atoms with van der Waals surface area (Å²) < 4.78 is 16.0. The minimum absolute atomic E-state index is 0.882. The Morgan fingerprint density at radius 2 is 1.47 bits per heavy atom. The number of hydrogen-bond donors (Lipinski definition) is 0. The zero-order valence-electron chi connectivity index (χ0n) is 10.4. The molecular weight excluding hydrogens is 208 g/mol. The maximum atomic E-state index is 5.33. The molecule has 0 aromatic carbocycles. The highest BCUT2D eigenvalue weighted by Gasteiger charge is 2.36. The van der Waals surface area contributed by atoms with Gasteiger partial charge in [0.1, 0.15) is 0 Å². The van der Waals surface area contributed by atoms with E-state index in [0.29, 0.717) is 0 Å². The largest absolute Gasteiger partial charge is 0.500 e. The average Bonchev–Trinajstić information content (AvgIpc) is 2.29. The molecule has 15 heavy (non-hydrogen) atoms. The highest BCUT2D eigenvalue weighted by molar-refractivity contribution is 6.60. The van der Waals surface area contributed by atoms with Crippen molar-refractivity contribution in [1.82, 2.24) is 0 Å². The van der Waals surface area contributed by atoms with Gasteiger partial charge in [-0.2, -0.15) is 0 Å². The van der Waals surface area contributed by atoms with Crippen LogP contribution in [0.4, 0.5) is 0 Å². The average molecular weight is 232 g/mol. The van der Waals surface area contributed by atoms with Crippen molar-refractivity contribution in [2.45, 2.75) is 38.7 Å². The molecule has 0 radical (unpaired) electrons. The Hall–Kier alpha value is -0.163. The standard InChI is InChI=1S/C11H24O3Si/c1-5-6-7-8-9-10-11-15(12-2,13-3)14-4/h7-8H,5-6,9-11H2,1-4H3. The summed E-state index contributed by atoms with van der Waals surface area (Å²) >= 11 is 0. The van der Waals surface area contributed by atoms with Crippen LogP contribution < -0.4 is 0 Å². The van der Waals surface area contributed by atoms with Gasteiger partial charge in [0.15, 0.2) is 0 Å². The van der Waals surface area contributed by atoms with Gasteiger partial charge < -0.3 is 13.3 Å². The molecule has 3 nitrogen and oxygen atoms in total. The van der Waals surface area contributed by atoms with Crippen molar-refractivity contribution in [3.8, 4) is 0 Å². The van der Waals surface area contributed by atoms with Crippen molar-refractivity contribution in [1.29, 1.82) is 0 Å². The Bertz CT molecular complexity index is 159. The molecule has 0 saturated heterocycles. The lowest BCUT2D eigenvalue weighted by Crippen LogP contribution is -2.42. The van der Waals surface area contributed by atoms with Crippen LogP contribution in [-0.2, 0) is 13.3 Å². The number of unbranched alkanes of at least 4 members (excludes halogenated alkanes) is 2. The lowest BCUT2D eigenvalue weighted by atomic mass is 10.2. The first-order valence-electron chi connectivity index (χ1n) is 5.55. The Kier molecular flexibility index (Phi) is 8.99. The molecule has 4 heteroatoms. The van der Waals surface area contributed by atoms with E-state index >= 15 is 0 Å². The smallest absolute Gasteiger partial charge is 0.377 e. The van der Waals surface area contributed by atoms with Gasteiger partial charge in [0.25, 0.3) is 0 Å². The third kappa shape index (κ3) is 6.09. The lowest BCUT2D eigenvalue weighted by Gasteiger charge is -2.23. The van der Waals surface area contributed by atoms with E-state index in [1.54, 1.807) is 21.3 Å². The Labute approximate surface area is 94.8 Å². The molecule has 0 rings (SSSR count). The Morgan fingerprint density at radius 1 is 0.933 bits per heavy atom. The molecule has 0 bridgehead atoms. The second kappa shape index (κ2) is 9.09. The summed E-state index contributed by atoms with van der Waals surface area (Å²) in [6.45, 7) is 2.18. The monoisotopic (exact) mass is 232 g/mol. The minimum atomic E-state index is -2.32. The van der Waals surface area contributed by atoms with Crippen LogP contribution in [0.2, 0.25) is 6.04 Å². The zero-order valence-corrected chi connectivity index (χ0v) is 11.4. The summed E-state index contributed by atoms with van der Waals surface area (Å²) in [5.41, 5.74) is 0. The number of allylic oxidation sites excluding steroid dienone is 2. The van der Waals surface area contributed by atoms with E-state index in [0.717, 1.165) is 18.9 Å². The lowest BCUT2D eigenvalue weighted by molar-refractivity contribution is 0.123. The van der Waals surface area contributed by atoms with Crippen LogP contribution in [0.5, 0.6) is 0 Å². The van der Waals surface area contributed by atoms with Crippen molar-refractivity contribution >= 4 is 8.80 Å². The van der Waals surface area contributed by atoms with Gasteiger partial charge >= 0.3 is 8.80 Å². The molecule has 0 amide bonds. The molecule has 0 N–H and O–H groups in total. The second-order valence-corrected chi connectivity index (χ2v) is 6.54. The van der Waals surface area contributed by atoms with Crippen LogP contribution in [0, 0.1) is 0 Å². The SMILES string of the molecule is CCCC=CCCC[Si](OC)(OC)OC. The molecular formula is C11H24O3Si. The van der Waals surface area contributed by atoms with E-state index in [4.69, 9.17) is 13.3 Å². The van der Waals surface area contributed by atoms with Crippen LogP contribution in [0.1, 0.15) is 32.6 Å². The number of hydrogen-bond acceptors (Lipinski definition) is 3. The van der Waals surface area contributed by atoms with Crippen molar-refractivity contribution in [2.24, 2.45) is 0 Å². The van der Waals surface area contributed by atoms with E-state index in [9.17, 15) is 0 Å². The van der Waals surface area contributed by atoms with Gasteiger partial charge in [-0.25, -0.2) is 0 Å². The van der Waals surface area contributed by atoms with E-state index in [1.165, 1.54) is 12.8 Å². The topological polar surface area (TPSA) is 27.7 Å². The molecule has 0 aromatic heterocycles. The molecule has 0 atom stereocenters. The van der Waals surface area contributed by atoms with E-state index in [2.05, 4.69) is 19.1 Å². The maximum Gasteiger partial charge on any atom is 0.500 e. The van der Waals surface area contributed by atoms with Gasteiger partial charge in [0.2, 0.25) is 0 Å². The fourth-order valence-corrected chi connectivity index (χ4v) is 3.14. The highest BCUT2D eigenvalue weighted by Crippen LogP contribution is 2.16. The summed E-state index contributed by atoms with van der Waals surface area (Å²) in [5, 5.41) is 0. The van der Waals surface area contributed by atoms with Crippen LogP contribution in [0.25, 0.3) is 0 Å². The predicted octanol–water partition coefficient (Wildman–Crippen LogP) is 3.00. The van der Waals surface area contributed by atoms with Crippen LogP contribution in [0.15, 0.2) is 12.2 Å². The maximum absolute atomic E-state index is 5.33. The molecule has 0 fully saturated rings. The van der Waals surface area contributed by atoms with Gasteiger partial charge in [-0.3, -0.25) is 0 Å². The molecule has 0 unspecified atom stereocenters. The van der Waals surface area contributed by atoms with Crippen LogP contribution in [0.3, 0.4) is 0 Å². The molecule has 0 spiro atoms. The first-order chi connectivity index (χ1) is 7.24. The van der Waals surface area contributed by atoms with E-state index < -0.39 is 8.80 Å². The minimum Gasteiger partial charge on any atom is -0.377 e. The predicted molar refractivity (Wildman–Crippen MR) is 64.9 cm³/mol. The Balaban J connectivity index is 3.71. The zero-order chi connectivity index (χ0) is 11.6. The van der Waals surface area contributed by atoms with Crippen molar-refractivity contribution < 1.29 is 13.3 Å². The van der Waals surface area contributed by atoms with Crippen molar-refractivity contribution in [3.63, 3.8) is 0 Å². The van der Waals surface area contributed by atoms with Gasteiger partial charge in [0, 0.05) is 27.4 Å². The van der Waals surface area contributed by atoms with Gasteiger partial charge in [-0.05, 0) is 19.3 Å². The van der Waals surface area contributed by atoms with E-state index in [-0.39, 0.29) is 0 Å². The Morgan fingerprint density at radius 3 is 1.93 bits per heavy atom. The first-order valence-corrected chi connectivity index (χ1v) is 7.48. The molecule has 0 heterocycles. The fraction of sp³-hybridized carbons (Fsp3) is 0.818. The third-order valence-corrected chi connectivity index (χ3v) is 5.24. The van der Waals surface area contributed by atoms with Gasteiger partial charge in [-0.15, -0.1) is 0 Å². The highest BCUT2D eigenvalue weighted by atomic mass is 28.4. The molecule has 0 saturated carbocycles. The summed E-state index contributed by atoms with van der Waals surface area (Å²) in [4.78, 5) is 0. The number of rotatable bonds is 9. The molecule has 0 aliphatic rings. The van der Waals surface area contributed by atoms with Crippen molar-refractivity contribution in [3.05, 3.63) is 12.2 Å². The molecule has 0 aliphatic carbocycles. The molecule has 0 aromatic rings. The summed E-state index contributed by atoms with van der Waals surface area (Å²) in [5.74, 6) is 0. The quantitative estimate of drug-likeness (QED) is 0.347. The van der Waals surface area contributed by atoms with Gasteiger partial charge in [0.05, 0.1) is 0 Å². The van der Waals surface area contributed by atoms with E-state index in [1.807, 2.05) is 0 Å². The third-order valence-electron chi connectivity index (χ3n) is 2.41.